The van der Waals surface area contributed by atoms with Gasteiger partial charge in [0.1, 0.15) is 5.75 Å². The van der Waals surface area contributed by atoms with Gasteiger partial charge >= 0.3 is 0 Å². The van der Waals surface area contributed by atoms with Crippen molar-refractivity contribution >= 4 is 18.3 Å². The molecule has 23 heavy (non-hydrogen) atoms. The van der Waals surface area contributed by atoms with Crippen molar-refractivity contribution in [3.63, 3.8) is 0 Å². The fourth-order valence-corrected chi connectivity index (χ4v) is 2.36. The summed E-state index contributed by atoms with van der Waals surface area (Å²) in [7, 11) is 0. The van der Waals surface area contributed by atoms with Crippen molar-refractivity contribution in [2.45, 2.75) is 32.6 Å². The molecule has 0 aliphatic carbocycles. The van der Waals surface area contributed by atoms with E-state index in [9.17, 15) is 4.79 Å². The van der Waals surface area contributed by atoms with Crippen molar-refractivity contribution in [3.8, 4) is 5.75 Å². The first-order valence-electron chi connectivity index (χ1n) is 8.15. The van der Waals surface area contributed by atoms with Crippen LogP contribution in [0.4, 0.5) is 0 Å². The fraction of sp³-hybridized carbons (Fsp3) is 0.500. The van der Waals surface area contributed by atoms with Crippen LogP contribution in [0.2, 0.25) is 0 Å². The van der Waals surface area contributed by atoms with E-state index in [1.807, 2.05) is 24.3 Å². The number of hydrogen-bond acceptors (Lipinski definition) is 3. The molecule has 1 heterocycles. The van der Waals surface area contributed by atoms with Gasteiger partial charge in [0, 0.05) is 19.5 Å². The van der Waals surface area contributed by atoms with Gasteiger partial charge in [0.15, 0.2) is 0 Å². The topological polar surface area (TPSA) is 50.4 Å². The van der Waals surface area contributed by atoms with E-state index in [0.29, 0.717) is 13.0 Å². The molecule has 0 fully saturated rings. The second kappa shape index (κ2) is 11.1. The first kappa shape index (κ1) is 19.5. The number of ether oxygens (including phenoxy) is 1. The molecule has 1 aromatic carbocycles. The minimum absolute atomic E-state index is 0. The molecule has 0 bridgehead atoms. The minimum Gasteiger partial charge on any atom is -0.494 e. The highest BCUT2D eigenvalue weighted by Crippen LogP contribution is 2.13. The molecule has 0 radical (unpaired) electrons. The first-order valence-corrected chi connectivity index (χ1v) is 8.15. The Balaban J connectivity index is 0.00000264. The summed E-state index contributed by atoms with van der Waals surface area (Å²) in [6, 6.07) is 8.02. The number of amides is 1. The van der Waals surface area contributed by atoms with Crippen molar-refractivity contribution in [2.24, 2.45) is 0 Å². The molecule has 1 aromatic rings. The average molecular weight is 339 g/mol. The summed E-state index contributed by atoms with van der Waals surface area (Å²) in [5.41, 5.74) is 2.49. The highest BCUT2D eigenvalue weighted by molar-refractivity contribution is 5.85. The zero-order valence-electron chi connectivity index (χ0n) is 13.8. The van der Waals surface area contributed by atoms with Crippen LogP contribution in [-0.2, 0) is 11.2 Å². The Labute approximate surface area is 145 Å². The predicted molar refractivity (Wildman–Crippen MR) is 96.4 cm³/mol. The normalized spacial score (nSPS) is 13.7. The van der Waals surface area contributed by atoms with E-state index < -0.39 is 0 Å². The number of halogens is 1. The zero-order chi connectivity index (χ0) is 15.6. The number of hydrogen-bond donors (Lipinski definition) is 2. The molecule has 0 spiro atoms. The van der Waals surface area contributed by atoms with Gasteiger partial charge < -0.3 is 15.4 Å². The van der Waals surface area contributed by atoms with Gasteiger partial charge in [-0.3, -0.25) is 4.79 Å². The smallest absolute Gasteiger partial charge is 0.220 e. The van der Waals surface area contributed by atoms with E-state index in [1.165, 1.54) is 11.1 Å². The lowest BCUT2D eigenvalue weighted by Gasteiger charge is -2.14. The Morgan fingerprint density at radius 2 is 2.09 bits per heavy atom. The van der Waals surface area contributed by atoms with Crippen LogP contribution in [0.5, 0.6) is 5.75 Å². The van der Waals surface area contributed by atoms with E-state index in [0.717, 1.165) is 44.7 Å². The summed E-state index contributed by atoms with van der Waals surface area (Å²) >= 11 is 0. The molecule has 2 rings (SSSR count). The van der Waals surface area contributed by atoms with Gasteiger partial charge in [-0.05, 0) is 43.5 Å². The Hall–Kier alpha value is -1.52. The number of benzene rings is 1. The largest absolute Gasteiger partial charge is 0.494 e. The van der Waals surface area contributed by atoms with E-state index in [-0.39, 0.29) is 18.3 Å². The summed E-state index contributed by atoms with van der Waals surface area (Å²) in [5, 5.41) is 6.27. The standard InChI is InChI=1S/C18H26N2O2.ClH/c1-2-13-22-17-6-3-15(4-7-17)5-8-18(21)20-14-16-9-11-19-12-10-16;/h3-4,6-7,9,19H,2,5,8,10-14H2,1H3,(H,20,21);1H. The molecule has 128 valence electrons. The van der Waals surface area contributed by atoms with Crippen LogP contribution in [0, 0.1) is 0 Å². The van der Waals surface area contributed by atoms with Crippen LogP contribution >= 0.6 is 12.4 Å². The van der Waals surface area contributed by atoms with Crippen LogP contribution in [0.1, 0.15) is 31.7 Å². The average Bonchev–Trinajstić information content (AvgIpc) is 2.58. The van der Waals surface area contributed by atoms with E-state index in [1.54, 1.807) is 0 Å². The third-order valence-electron chi connectivity index (χ3n) is 3.71. The van der Waals surface area contributed by atoms with Gasteiger partial charge in [-0.1, -0.05) is 30.7 Å². The Morgan fingerprint density at radius 1 is 1.30 bits per heavy atom. The monoisotopic (exact) mass is 338 g/mol. The zero-order valence-corrected chi connectivity index (χ0v) is 14.6. The molecule has 0 saturated heterocycles. The van der Waals surface area contributed by atoms with Gasteiger partial charge in [-0.2, -0.15) is 0 Å². The lowest BCUT2D eigenvalue weighted by atomic mass is 10.1. The number of aryl methyl sites for hydroxylation is 1. The highest BCUT2D eigenvalue weighted by atomic mass is 35.5. The molecule has 0 saturated carbocycles. The summed E-state index contributed by atoms with van der Waals surface area (Å²) < 4.78 is 5.55. The van der Waals surface area contributed by atoms with Crippen molar-refractivity contribution in [1.82, 2.24) is 10.6 Å². The summed E-state index contributed by atoms with van der Waals surface area (Å²) in [6.45, 7) is 5.44. The van der Waals surface area contributed by atoms with Crippen LogP contribution < -0.4 is 15.4 Å². The minimum atomic E-state index is 0. The molecule has 2 N–H and O–H groups in total. The molecule has 1 aliphatic rings. The third kappa shape index (κ3) is 7.53. The molecule has 0 atom stereocenters. The molecule has 0 unspecified atom stereocenters. The predicted octanol–water partition coefficient (Wildman–Crippen LogP) is 2.87. The lowest BCUT2D eigenvalue weighted by molar-refractivity contribution is -0.120. The van der Waals surface area contributed by atoms with E-state index in [4.69, 9.17) is 4.74 Å². The number of nitrogens with one attached hydrogen (secondary N) is 2. The van der Waals surface area contributed by atoms with Gasteiger partial charge in [0.2, 0.25) is 5.91 Å². The van der Waals surface area contributed by atoms with Crippen LogP contribution in [0.15, 0.2) is 35.9 Å². The summed E-state index contributed by atoms with van der Waals surface area (Å²) in [4.78, 5) is 11.9. The molecule has 1 aliphatic heterocycles. The second-order valence-corrected chi connectivity index (χ2v) is 5.59. The number of carbonyl (C=O) groups is 1. The van der Waals surface area contributed by atoms with Crippen LogP contribution in [-0.4, -0.2) is 32.1 Å². The van der Waals surface area contributed by atoms with E-state index in [2.05, 4.69) is 23.6 Å². The maximum absolute atomic E-state index is 11.9. The van der Waals surface area contributed by atoms with Crippen molar-refractivity contribution < 1.29 is 9.53 Å². The molecule has 4 nitrogen and oxygen atoms in total. The van der Waals surface area contributed by atoms with Crippen molar-refractivity contribution in [3.05, 3.63) is 41.5 Å². The second-order valence-electron chi connectivity index (χ2n) is 5.59. The lowest BCUT2D eigenvalue weighted by Crippen LogP contribution is -2.29. The van der Waals surface area contributed by atoms with Gasteiger partial charge in [0.25, 0.3) is 0 Å². The Morgan fingerprint density at radius 3 is 2.74 bits per heavy atom. The van der Waals surface area contributed by atoms with Crippen LogP contribution in [0.25, 0.3) is 0 Å². The Bertz CT molecular complexity index is 500. The molecule has 0 aromatic heterocycles. The van der Waals surface area contributed by atoms with Crippen molar-refractivity contribution in [1.29, 1.82) is 0 Å². The fourth-order valence-electron chi connectivity index (χ4n) is 2.36. The first-order chi connectivity index (χ1) is 10.8. The molecular formula is C18H27ClN2O2. The molecule has 5 heteroatoms. The van der Waals surface area contributed by atoms with E-state index >= 15 is 0 Å². The van der Waals surface area contributed by atoms with Gasteiger partial charge in [-0.25, -0.2) is 0 Å². The molecular weight excluding hydrogens is 312 g/mol. The van der Waals surface area contributed by atoms with Gasteiger partial charge in [-0.15, -0.1) is 12.4 Å². The maximum atomic E-state index is 11.9. The highest BCUT2D eigenvalue weighted by Gasteiger charge is 2.06. The van der Waals surface area contributed by atoms with Crippen LogP contribution in [0.3, 0.4) is 0 Å². The quantitative estimate of drug-likeness (QED) is 0.717. The summed E-state index contributed by atoms with van der Waals surface area (Å²) in [5.74, 6) is 1.01. The van der Waals surface area contributed by atoms with Gasteiger partial charge in [0.05, 0.1) is 6.61 Å². The summed E-state index contributed by atoms with van der Waals surface area (Å²) in [6.07, 6.45) is 5.49. The number of rotatable bonds is 8. The molecule has 1 amide bonds. The Kier molecular flexibility index (Phi) is 9.41. The SMILES string of the molecule is CCCOc1ccc(CCC(=O)NCC2=CCNCC2)cc1.Cl. The van der Waals surface area contributed by atoms with Crippen molar-refractivity contribution in [2.75, 3.05) is 26.2 Å². The maximum Gasteiger partial charge on any atom is 0.220 e. The number of carbonyl (C=O) groups excluding carboxylic acids is 1. The third-order valence-corrected chi connectivity index (χ3v) is 3.71.